The molecule has 0 amide bonds. The van der Waals surface area contributed by atoms with Crippen molar-refractivity contribution in [2.75, 3.05) is 0 Å². The summed E-state index contributed by atoms with van der Waals surface area (Å²) in [4.78, 5) is 20.7. The Kier molecular flexibility index (Phi) is 4.19. The lowest BCUT2D eigenvalue weighted by Gasteiger charge is -2.24. The lowest BCUT2D eigenvalue weighted by molar-refractivity contribution is -0.133. The average molecular weight is 348 g/mol. The van der Waals surface area contributed by atoms with E-state index in [0.717, 1.165) is 10.6 Å². The fourth-order valence-corrected chi connectivity index (χ4v) is 3.27. The molecule has 0 saturated heterocycles. The Hall–Kier alpha value is -2.18. The Morgan fingerprint density at radius 3 is 2.78 bits per heavy atom. The number of hydrogen-bond acceptors (Lipinski definition) is 5. The van der Waals surface area contributed by atoms with Gasteiger partial charge in [0.1, 0.15) is 11.7 Å². The molecule has 1 unspecified atom stereocenters. The van der Waals surface area contributed by atoms with Crippen LogP contribution in [0.1, 0.15) is 29.2 Å². The van der Waals surface area contributed by atoms with E-state index < -0.39 is 12.0 Å². The summed E-state index contributed by atoms with van der Waals surface area (Å²) in [6.07, 6.45) is 0. The molecule has 1 aromatic heterocycles. The summed E-state index contributed by atoms with van der Waals surface area (Å²) in [6.45, 7) is 3.65. The van der Waals surface area contributed by atoms with Gasteiger partial charge in [0.15, 0.2) is 5.84 Å². The Balaban J connectivity index is 2.11. The second-order valence-corrected chi connectivity index (χ2v) is 6.65. The van der Waals surface area contributed by atoms with Crippen LogP contribution < -0.4 is 5.32 Å². The van der Waals surface area contributed by atoms with Crippen LogP contribution in [0.2, 0.25) is 5.02 Å². The first-order chi connectivity index (χ1) is 11.0. The molecule has 7 heteroatoms. The van der Waals surface area contributed by atoms with E-state index in [9.17, 15) is 9.90 Å². The van der Waals surface area contributed by atoms with Gasteiger partial charge < -0.3 is 10.4 Å². The molecule has 1 aliphatic rings. The topological polar surface area (TPSA) is 74.6 Å². The number of carboxylic acids is 1. The molecule has 23 heavy (non-hydrogen) atoms. The highest BCUT2D eigenvalue weighted by Gasteiger charge is 2.30. The van der Waals surface area contributed by atoms with E-state index in [1.165, 1.54) is 11.3 Å². The van der Waals surface area contributed by atoms with Crippen molar-refractivity contribution in [3.63, 3.8) is 0 Å². The summed E-state index contributed by atoms with van der Waals surface area (Å²) in [5.41, 5.74) is 2.21. The maximum atomic E-state index is 11.7. The molecule has 0 bridgehead atoms. The Bertz CT molecular complexity index is 841. The Morgan fingerprint density at radius 1 is 1.39 bits per heavy atom. The van der Waals surface area contributed by atoms with Gasteiger partial charge in [-0.15, -0.1) is 11.3 Å². The Labute approximate surface area is 142 Å². The molecule has 1 aliphatic heterocycles. The third-order valence-electron chi connectivity index (χ3n) is 3.50. The second kappa shape index (κ2) is 6.14. The van der Waals surface area contributed by atoms with Gasteiger partial charge in [-0.05, 0) is 31.5 Å². The van der Waals surface area contributed by atoms with Crippen molar-refractivity contribution < 1.29 is 9.90 Å². The van der Waals surface area contributed by atoms with Crippen LogP contribution in [0.5, 0.6) is 0 Å². The largest absolute Gasteiger partial charge is 0.478 e. The zero-order valence-electron chi connectivity index (χ0n) is 12.5. The van der Waals surface area contributed by atoms with Crippen molar-refractivity contribution in [3.05, 3.63) is 62.2 Å². The summed E-state index contributed by atoms with van der Waals surface area (Å²) in [5.74, 6) is -0.431. The molecule has 2 heterocycles. The molecule has 3 rings (SSSR count). The van der Waals surface area contributed by atoms with Gasteiger partial charge in [0.05, 0.1) is 10.6 Å². The summed E-state index contributed by atoms with van der Waals surface area (Å²) in [5, 5.41) is 16.0. The third kappa shape index (κ3) is 3.13. The number of nitrogens with zero attached hydrogens (tertiary/aromatic N) is 2. The van der Waals surface area contributed by atoms with Gasteiger partial charge >= 0.3 is 5.97 Å². The van der Waals surface area contributed by atoms with E-state index >= 15 is 0 Å². The van der Waals surface area contributed by atoms with Crippen LogP contribution in [0.25, 0.3) is 0 Å². The number of aromatic nitrogens is 1. The first kappa shape index (κ1) is 15.7. The maximum Gasteiger partial charge on any atom is 0.335 e. The van der Waals surface area contributed by atoms with E-state index in [2.05, 4.69) is 15.3 Å². The van der Waals surface area contributed by atoms with Crippen LogP contribution >= 0.6 is 22.9 Å². The van der Waals surface area contributed by atoms with Gasteiger partial charge in [-0.2, -0.15) is 0 Å². The predicted molar refractivity (Wildman–Crippen MR) is 91.1 cm³/mol. The second-order valence-electron chi connectivity index (χ2n) is 5.16. The summed E-state index contributed by atoms with van der Waals surface area (Å²) in [6, 6.07) is 6.48. The van der Waals surface area contributed by atoms with Crippen LogP contribution in [0.15, 0.2) is 45.9 Å². The molecular weight excluding hydrogens is 334 g/mol. The molecule has 118 valence electrons. The maximum absolute atomic E-state index is 11.7. The first-order valence-electron chi connectivity index (χ1n) is 6.92. The van der Waals surface area contributed by atoms with Gasteiger partial charge in [-0.25, -0.2) is 9.78 Å². The number of amidine groups is 1. The highest BCUT2D eigenvalue weighted by atomic mass is 35.5. The number of allylic oxidation sites excluding steroid dienone is 1. The zero-order valence-corrected chi connectivity index (χ0v) is 14.1. The molecule has 1 aromatic carbocycles. The lowest BCUT2D eigenvalue weighted by atomic mass is 9.96. The first-order valence-corrected chi connectivity index (χ1v) is 8.18. The van der Waals surface area contributed by atoms with E-state index in [1.54, 1.807) is 25.1 Å². The number of hydrogen-bond donors (Lipinski definition) is 2. The SMILES string of the molecule is CC1=C(C(=O)O)C(c2cccc(Cl)c2)N=C(c2csc(C)n2)N1. The van der Waals surface area contributed by atoms with Crippen molar-refractivity contribution >= 4 is 34.7 Å². The molecule has 0 aliphatic carbocycles. The number of benzene rings is 1. The number of carboxylic acid groups (broad SMARTS) is 1. The van der Waals surface area contributed by atoms with Crippen molar-refractivity contribution in [3.8, 4) is 0 Å². The number of nitrogens with one attached hydrogen (secondary N) is 1. The predicted octanol–water partition coefficient (Wildman–Crippen LogP) is 3.55. The molecular formula is C16H14ClN3O2S. The number of aryl methyl sites for hydroxylation is 1. The summed E-state index contributed by atoms with van der Waals surface area (Å²) in [7, 11) is 0. The van der Waals surface area contributed by atoms with Crippen molar-refractivity contribution in [1.82, 2.24) is 10.3 Å². The molecule has 0 saturated carbocycles. The lowest BCUT2D eigenvalue weighted by Crippen LogP contribution is -2.32. The monoisotopic (exact) mass is 347 g/mol. The fraction of sp³-hybridized carbons (Fsp3) is 0.188. The Morgan fingerprint density at radius 2 is 2.17 bits per heavy atom. The van der Waals surface area contributed by atoms with E-state index in [1.807, 2.05) is 18.4 Å². The minimum absolute atomic E-state index is 0.211. The average Bonchev–Trinajstić information content (AvgIpc) is 2.92. The van der Waals surface area contributed by atoms with Gasteiger partial charge in [0.25, 0.3) is 0 Å². The van der Waals surface area contributed by atoms with Crippen LogP contribution in [0.4, 0.5) is 0 Å². The van der Waals surface area contributed by atoms with Crippen LogP contribution in [-0.4, -0.2) is 21.9 Å². The number of aliphatic imine (C=N–C) groups is 1. The minimum Gasteiger partial charge on any atom is -0.478 e. The third-order valence-corrected chi connectivity index (χ3v) is 4.51. The van der Waals surface area contributed by atoms with Gasteiger partial charge in [-0.3, -0.25) is 4.99 Å². The molecule has 2 N–H and O–H groups in total. The quantitative estimate of drug-likeness (QED) is 0.890. The molecule has 0 spiro atoms. The molecule has 5 nitrogen and oxygen atoms in total. The smallest absolute Gasteiger partial charge is 0.335 e. The summed E-state index contributed by atoms with van der Waals surface area (Å²) >= 11 is 7.57. The number of rotatable bonds is 3. The highest BCUT2D eigenvalue weighted by molar-refractivity contribution is 7.09. The van der Waals surface area contributed by atoms with Crippen molar-refractivity contribution in [2.24, 2.45) is 4.99 Å². The standard InChI is InChI=1S/C16H14ClN3O2S/c1-8-13(16(21)22)14(10-4-3-5-11(17)6-10)20-15(18-8)12-7-23-9(2)19-12/h3-7,14H,1-2H3,(H,18,20)(H,21,22). The van der Waals surface area contributed by atoms with Crippen molar-refractivity contribution in [2.45, 2.75) is 19.9 Å². The highest BCUT2D eigenvalue weighted by Crippen LogP contribution is 2.32. The zero-order chi connectivity index (χ0) is 16.6. The molecule has 0 radical (unpaired) electrons. The normalized spacial score (nSPS) is 17.7. The number of carbonyl (C=O) groups is 1. The van der Waals surface area contributed by atoms with Crippen LogP contribution in [0, 0.1) is 6.92 Å². The van der Waals surface area contributed by atoms with E-state index in [-0.39, 0.29) is 5.57 Å². The number of halogens is 1. The van der Waals surface area contributed by atoms with Gasteiger partial charge in [0.2, 0.25) is 0 Å². The minimum atomic E-state index is -1.00. The van der Waals surface area contributed by atoms with Gasteiger partial charge in [-0.1, -0.05) is 23.7 Å². The van der Waals surface area contributed by atoms with Crippen LogP contribution in [0.3, 0.4) is 0 Å². The molecule has 0 fully saturated rings. The number of thiazole rings is 1. The number of aliphatic carboxylic acids is 1. The van der Waals surface area contributed by atoms with Crippen LogP contribution in [-0.2, 0) is 4.79 Å². The fourth-order valence-electron chi connectivity index (χ4n) is 2.47. The van der Waals surface area contributed by atoms with E-state index in [0.29, 0.717) is 22.2 Å². The summed E-state index contributed by atoms with van der Waals surface area (Å²) < 4.78 is 0. The van der Waals surface area contributed by atoms with E-state index in [4.69, 9.17) is 11.6 Å². The van der Waals surface area contributed by atoms with Gasteiger partial charge in [0, 0.05) is 16.1 Å². The van der Waals surface area contributed by atoms with Crippen molar-refractivity contribution in [1.29, 1.82) is 0 Å². The molecule has 2 aromatic rings. The molecule has 1 atom stereocenters.